The van der Waals surface area contributed by atoms with E-state index in [9.17, 15) is 4.79 Å². The van der Waals surface area contributed by atoms with Crippen molar-refractivity contribution in [3.05, 3.63) is 57.7 Å². The molecule has 116 valence electrons. The summed E-state index contributed by atoms with van der Waals surface area (Å²) in [5, 5.41) is 9.54. The second-order valence-electron chi connectivity index (χ2n) is 4.64. The number of ether oxygens (including phenoxy) is 1. The zero-order chi connectivity index (χ0) is 16.2. The first-order chi connectivity index (χ1) is 11.2. The van der Waals surface area contributed by atoms with Crippen LogP contribution in [-0.4, -0.2) is 28.2 Å². The second kappa shape index (κ2) is 6.78. The van der Waals surface area contributed by atoms with Gasteiger partial charge in [0.1, 0.15) is 5.75 Å². The minimum atomic E-state index is -0.249. The molecule has 0 aliphatic carbocycles. The number of halogens is 1. The van der Waals surface area contributed by atoms with Gasteiger partial charge in [0, 0.05) is 3.57 Å². The molecule has 0 saturated heterocycles. The Morgan fingerprint density at radius 2 is 1.91 bits per heavy atom. The standard InChI is InChI=1S/C16H13IN4O2/c1-23-13-9-5-3-7-11(13)14-18-16(21-20-14)19-15(22)10-6-2-4-8-12(10)17/h2-9H,1H3,(H2,18,19,20,21,22). The Morgan fingerprint density at radius 1 is 1.17 bits per heavy atom. The normalized spacial score (nSPS) is 10.3. The average Bonchev–Trinajstić information content (AvgIpc) is 3.03. The number of H-pyrrole nitrogens is 1. The molecule has 1 aromatic heterocycles. The summed E-state index contributed by atoms with van der Waals surface area (Å²) in [6, 6.07) is 14.8. The predicted molar refractivity (Wildman–Crippen MR) is 95.5 cm³/mol. The highest BCUT2D eigenvalue weighted by Gasteiger charge is 2.14. The van der Waals surface area contributed by atoms with Crippen molar-refractivity contribution in [1.82, 2.24) is 15.2 Å². The third-order valence-corrected chi connectivity index (χ3v) is 4.13. The molecule has 7 heteroatoms. The minimum absolute atomic E-state index is 0.218. The molecule has 0 atom stereocenters. The summed E-state index contributed by atoms with van der Waals surface area (Å²) in [6.45, 7) is 0. The maximum atomic E-state index is 12.3. The molecule has 3 rings (SSSR count). The van der Waals surface area contributed by atoms with Crippen LogP contribution in [0.2, 0.25) is 0 Å². The number of nitrogens with zero attached hydrogens (tertiary/aromatic N) is 2. The van der Waals surface area contributed by atoms with Gasteiger partial charge in [0.2, 0.25) is 5.95 Å². The van der Waals surface area contributed by atoms with Crippen molar-refractivity contribution < 1.29 is 9.53 Å². The van der Waals surface area contributed by atoms with E-state index >= 15 is 0 Å². The topological polar surface area (TPSA) is 79.9 Å². The zero-order valence-electron chi connectivity index (χ0n) is 12.2. The Balaban J connectivity index is 1.83. The fraction of sp³-hybridized carbons (Fsp3) is 0.0625. The summed E-state index contributed by atoms with van der Waals surface area (Å²) in [5.74, 6) is 1.18. The van der Waals surface area contributed by atoms with E-state index in [1.807, 2.05) is 42.5 Å². The third kappa shape index (κ3) is 3.34. The van der Waals surface area contributed by atoms with Gasteiger partial charge >= 0.3 is 0 Å². The summed E-state index contributed by atoms with van der Waals surface area (Å²) in [4.78, 5) is 16.6. The number of rotatable bonds is 4. The van der Waals surface area contributed by atoms with Crippen LogP contribution in [0, 0.1) is 3.57 Å². The van der Waals surface area contributed by atoms with Crippen molar-refractivity contribution >= 4 is 34.4 Å². The largest absolute Gasteiger partial charge is 0.496 e. The van der Waals surface area contributed by atoms with Crippen LogP contribution in [-0.2, 0) is 0 Å². The van der Waals surface area contributed by atoms with Crippen molar-refractivity contribution in [3.63, 3.8) is 0 Å². The first-order valence-corrected chi connectivity index (χ1v) is 7.88. The van der Waals surface area contributed by atoms with Crippen molar-refractivity contribution in [2.24, 2.45) is 0 Å². The quantitative estimate of drug-likeness (QED) is 0.635. The molecule has 1 heterocycles. The van der Waals surface area contributed by atoms with Crippen LogP contribution in [0.15, 0.2) is 48.5 Å². The van der Waals surface area contributed by atoms with Gasteiger partial charge in [-0.1, -0.05) is 24.3 Å². The average molecular weight is 420 g/mol. The van der Waals surface area contributed by atoms with E-state index in [-0.39, 0.29) is 11.9 Å². The molecule has 0 aliphatic heterocycles. The summed E-state index contributed by atoms with van der Waals surface area (Å²) in [5.41, 5.74) is 1.36. The van der Waals surface area contributed by atoms with Crippen LogP contribution in [0.25, 0.3) is 11.4 Å². The molecular formula is C16H13IN4O2. The highest BCUT2D eigenvalue weighted by atomic mass is 127. The lowest BCUT2D eigenvalue weighted by atomic mass is 10.2. The third-order valence-electron chi connectivity index (χ3n) is 3.19. The van der Waals surface area contributed by atoms with Crippen LogP contribution in [0.5, 0.6) is 5.75 Å². The Morgan fingerprint density at radius 3 is 2.70 bits per heavy atom. The lowest BCUT2D eigenvalue weighted by molar-refractivity contribution is 0.102. The van der Waals surface area contributed by atoms with E-state index in [4.69, 9.17) is 4.74 Å². The summed E-state index contributed by atoms with van der Waals surface area (Å²) >= 11 is 2.12. The minimum Gasteiger partial charge on any atom is -0.496 e. The Kier molecular flexibility index (Phi) is 4.56. The molecule has 0 aliphatic rings. The monoisotopic (exact) mass is 420 g/mol. The number of hydrogen-bond acceptors (Lipinski definition) is 4. The number of nitrogens with one attached hydrogen (secondary N) is 2. The van der Waals surface area contributed by atoms with Gasteiger partial charge in [-0.25, -0.2) is 0 Å². The van der Waals surface area contributed by atoms with Crippen LogP contribution >= 0.6 is 22.6 Å². The molecule has 23 heavy (non-hydrogen) atoms. The van der Waals surface area contributed by atoms with Gasteiger partial charge in [-0.05, 0) is 46.9 Å². The molecule has 2 N–H and O–H groups in total. The molecule has 0 fully saturated rings. The predicted octanol–water partition coefficient (Wildman–Crippen LogP) is 3.34. The summed E-state index contributed by atoms with van der Waals surface area (Å²) in [7, 11) is 1.59. The maximum absolute atomic E-state index is 12.3. The van der Waals surface area contributed by atoms with E-state index in [2.05, 4.69) is 43.1 Å². The van der Waals surface area contributed by atoms with Crippen LogP contribution < -0.4 is 10.1 Å². The highest BCUT2D eigenvalue weighted by Crippen LogP contribution is 2.27. The fourth-order valence-electron chi connectivity index (χ4n) is 2.09. The maximum Gasteiger partial charge on any atom is 0.259 e. The van der Waals surface area contributed by atoms with Gasteiger partial charge in [-0.15, -0.1) is 5.10 Å². The molecule has 1 amide bonds. The van der Waals surface area contributed by atoms with Crippen LogP contribution in [0.3, 0.4) is 0 Å². The lowest BCUT2D eigenvalue weighted by Gasteiger charge is -2.04. The number of hydrogen-bond donors (Lipinski definition) is 2. The molecule has 3 aromatic rings. The number of para-hydroxylation sites is 1. The Hall–Kier alpha value is -2.42. The molecule has 0 radical (unpaired) electrons. The summed E-state index contributed by atoms with van der Waals surface area (Å²) in [6.07, 6.45) is 0. The van der Waals surface area contributed by atoms with Crippen molar-refractivity contribution in [2.45, 2.75) is 0 Å². The molecule has 2 aromatic carbocycles. The highest BCUT2D eigenvalue weighted by molar-refractivity contribution is 14.1. The van der Waals surface area contributed by atoms with Gasteiger partial charge in [0.15, 0.2) is 5.82 Å². The van der Waals surface area contributed by atoms with Crippen molar-refractivity contribution in [3.8, 4) is 17.1 Å². The number of methoxy groups -OCH3 is 1. The zero-order valence-corrected chi connectivity index (χ0v) is 14.4. The van der Waals surface area contributed by atoms with E-state index < -0.39 is 0 Å². The Labute approximate surface area is 146 Å². The molecule has 0 unspecified atom stereocenters. The first kappa shape index (κ1) is 15.5. The second-order valence-corrected chi connectivity index (χ2v) is 5.80. The molecule has 0 saturated carbocycles. The van der Waals surface area contributed by atoms with Crippen molar-refractivity contribution in [1.29, 1.82) is 0 Å². The van der Waals surface area contributed by atoms with Gasteiger partial charge in [0.25, 0.3) is 5.91 Å². The van der Waals surface area contributed by atoms with E-state index in [0.29, 0.717) is 17.1 Å². The van der Waals surface area contributed by atoms with Gasteiger partial charge in [-0.3, -0.25) is 15.2 Å². The van der Waals surface area contributed by atoms with Crippen LogP contribution in [0.1, 0.15) is 10.4 Å². The molecule has 0 spiro atoms. The number of carbonyl (C=O) groups is 1. The number of aromatic amines is 1. The summed E-state index contributed by atoms with van der Waals surface area (Å²) < 4.78 is 6.16. The van der Waals surface area contributed by atoms with Gasteiger partial charge in [-0.2, -0.15) is 4.98 Å². The van der Waals surface area contributed by atoms with E-state index in [0.717, 1.165) is 9.13 Å². The molecule has 0 bridgehead atoms. The number of benzene rings is 2. The molecule has 6 nitrogen and oxygen atoms in total. The number of amides is 1. The fourth-order valence-corrected chi connectivity index (χ4v) is 2.73. The number of carbonyl (C=O) groups excluding carboxylic acids is 1. The van der Waals surface area contributed by atoms with E-state index in [1.54, 1.807) is 13.2 Å². The number of aromatic nitrogens is 3. The Bertz CT molecular complexity index is 847. The molecular weight excluding hydrogens is 407 g/mol. The first-order valence-electron chi connectivity index (χ1n) is 6.80. The van der Waals surface area contributed by atoms with Crippen LogP contribution in [0.4, 0.5) is 5.95 Å². The SMILES string of the molecule is COc1ccccc1-c1nc(NC(=O)c2ccccc2I)n[nH]1. The number of anilines is 1. The van der Waals surface area contributed by atoms with Crippen molar-refractivity contribution in [2.75, 3.05) is 12.4 Å². The van der Waals surface area contributed by atoms with E-state index in [1.165, 1.54) is 0 Å². The van der Waals surface area contributed by atoms with Gasteiger partial charge < -0.3 is 4.74 Å². The van der Waals surface area contributed by atoms with Gasteiger partial charge in [0.05, 0.1) is 18.2 Å². The lowest BCUT2D eigenvalue weighted by Crippen LogP contribution is -2.14. The smallest absolute Gasteiger partial charge is 0.259 e.